The first-order valence-corrected chi connectivity index (χ1v) is 6.41. The zero-order valence-corrected chi connectivity index (χ0v) is 11.3. The van der Waals surface area contributed by atoms with Crippen molar-refractivity contribution in [2.45, 2.75) is 6.92 Å². The Labute approximate surface area is 121 Å². The molecule has 1 heterocycles. The van der Waals surface area contributed by atoms with E-state index in [2.05, 4.69) is 4.98 Å². The molecule has 0 atom stereocenters. The molecule has 0 saturated carbocycles. The van der Waals surface area contributed by atoms with Crippen molar-refractivity contribution in [3.05, 3.63) is 70.4 Å². The van der Waals surface area contributed by atoms with E-state index >= 15 is 0 Å². The van der Waals surface area contributed by atoms with Crippen LogP contribution in [0.25, 0.3) is 10.9 Å². The van der Waals surface area contributed by atoms with Crippen molar-refractivity contribution in [1.29, 1.82) is 0 Å². The van der Waals surface area contributed by atoms with Gasteiger partial charge in [-0.2, -0.15) is 0 Å². The van der Waals surface area contributed by atoms with Gasteiger partial charge in [-0.05, 0) is 48.9 Å². The van der Waals surface area contributed by atoms with E-state index in [1.807, 2.05) is 31.2 Å². The third-order valence-corrected chi connectivity index (χ3v) is 3.21. The Hall–Kier alpha value is -2.95. The van der Waals surface area contributed by atoms with E-state index in [1.165, 1.54) is 12.1 Å². The minimum absolute atomic E-state index is 0.0425. The number of hydrogen-bond donors (Lipinski definition) is 0. The van der Waals surface area contributed by atoms with E-state index in [0.717, 1.165) is 16.5 Å². The zero-order valence-electron chi connectivity index (χ0n) is 11.3. The number of rotatable bonds is 3. The molecule has 0 spiro atoms. The average molecular weight is 280 g/mol. The fourth-order valence-electron chi connectivity index (χ4n) is 2.10. The molecule has 0 aliphatic rings. The monoisotopic (exact) mass is 280 g/mol. The van der Waals surface area contributed by atoms with Crippen LogP contribution in [-0.2, 0) is 0 Å². The van der Waals surface area contributed by atoms with Crippen LogP contribution in [0.4, 0.5) is 5.69 Å². The van der Waals surface area contributed by atoms with Gasteiger partial charge in [0.25, 0.3) is 5.69 Å². The number of nitro groups is 1. The molecule has 0 amide bonds. The van der Waals surface area contributed by atoms with Gasteiger partial charge in [0.1, 0.15) is 11.5 Å². The van der Waals surface area contributed by atoms with E-state index in [9.17, 15) is 10.1 Å². The molecule has 0 saturated heterocycles. The lowest BCUT2D eigenvalue weighted by Gasteiger charge is -2.07. The Bertz CT molecular complexity index is 813. The van der Waals surface area contributed by atoms with Crippen LogP contribution in [0.5, 0.6) is 11.5 Å². The van der Waals surface area contributed by atoms with E-state index in [0.29, 0.717) is 11.5 Å². The summed E-state index contributed by atoms with van der Waals surface area (Å²) in [7, 11) is 0. The van der Waals surface area contributed by atoms with Gasteiger partial charge in [-0.25, -0.2) is 0 Å². The fraction of sp³-hybridized carbons (Fsp3) is 0.0625. The van der Waals surface area contributed by atoms with Crippen molar-refractivity contribution < 1.29 is 9.66 Å². The lowest BCUT2D eigenvalue weighted by molar-refractivity contribution is -0.384. The molecule has 5 heteroatoms. The molecule has 104 valence electrons. The van der Waals surface area contributed by atoms with Crippen LogP contribution in [-0.4, -0.2) is 9.91 Å². The number of nitro benzene ring substituents is 1. The van der Waals surface area contributed by atoms with Crippen LogP contribution >= 0.6 is 0 Å². The van der Waals surface area contributed by atoms with Gasteiger partial charge in [0.15, 0.2) is 0 Å². The minimum atomic E-state index is -0.436. The number of non-ortho nitro benzene ring substituents is 1. The predicted molar refractivity (Wildman–Crippen MR) is 79.7 cm³/mol. The largest absolute Gasteiger partial charge is 0.457 e. The highest BCUT2D eigenvalue weighted by atomic mass is 16.6. The van der Waals surface area contributed by atoms with E-state index in [-0.39, 0.29) is 5.69 Å². The number of aryl methyl sites for hydroxylation is 1. The summed E-state index contributed by atoms with van der Waals surface area (Å²) in [4.78, 5) is 14.5. The summed E-state index contributed by atoms with van der Waals surface area (Å²) in [6.07, 6.45) is 1.77. The Balaban J connectivity index is 1.91. The van der Waals surface area contributed by atoms with E-state index in [1.54, 1.807) is 18.3 Å². The third-order valence-electron chi connectivity index (χ3n) is 3.21. The molecule has 0 bridgehead atoms. The number of hydrogen-bond acceptors (Lipinski definition) is 4. The number of benzene rings is 2. The molecule has 3 aromatic rings. The Morgan fingerprint density at radius 3 is 2.48 bits per heavy atom. The lowest BCUT2D eigenvalue weighted by atomic mass is 10.1. The maximum Gasteiger partial charge on any atom is 0.269 e. The molecule has 3 rings (SSSR count). The average Bonchev–Trinajstić information content (AvgIpc) is 2.49. The summed E-state index contributed by atoms with van der Waals surface area (Å²) in [6.45, 7) is 2.01. The number of nitrogens with zero attached hydrogens (tertiary/aromatic N) is 2. The maximum absolute atomic E-state index is 10.6. The molecule has 2 aromatic carbocycles. The van der Waals surface area contributed by atoms with Crippen LogP contribution < -0.4 is 4.74 Å². The minimum Gasteiger partial charge on any atom is -0.457 e. The van der Waals surface area contributed by atoms with Crippen molar-refractivity contribution in [2.24, 2.45) is 0 Å². The topological polar surface area (TPSA) is 65.3 Å². The molecule has 0 aliphatic heterocycles. The normalized spacial score (nSPS) is 10.5. The van der Waals surface area contributed by atoms with Gasteiger partial charge in [0, 0.05) is 23.7 Å². The van der Waals surface area contributed by atoms with Crippen molar-refractivity contribution in [1.82, 2.24) is 4.98 Å². The van der Waals surface area contributed by atoms with E-state index < -0.39 is 4.92 Å². The Kier molecular flexibility index (Phi) is 3.23. The maximum atomic E-state index is 10.6. The van der Waals surface area contributed by atoms with Gasteiger partial charge in [0.05, 0.1) is 10.4 Å². The first-order chi connectivity index (χ1) is 10.1. The van der Waals surface area contributed by atoms with Gasteiger partial charge in [-0.1, -0.05) is 0 Å². The molecular formula is C16H12N2O3. The molecule has 1 aromatic heterocycles. The van der Waals surface area contributed by atoms with Crippen LogP contribution in [0.15, 0.2) is 54.7 Å². The smallest absolute Gasteiger partial charge is 0.269 e. The summed E-state index contributed by atoms with van der Waals surface area (Å²) in [5.41, 5.74) is 2.07. The SMILES string of the molecule is Cc1ccnc2ccc(Oc3ccc([N+](=O)[O-])cc3)cc12. The summed E-state index contributed by atoms with van der Waals surface area (Å²) in [5, 5.41) is 11.6. The molecular weight excluding hydrogens is 268 g/mol. The third kappa shape index (κ3) is 2.67. The summed E-state index contributed by atoms with van der Waals surface area (Å²) < 4.78 is 5.73. The van der Waals surface area contributed by atoms with Crippen molar-refractivity contribution in [2.75, 3.05) is 0 Å². The number of ether oxygens (including phenoxy) is 1. The van der Waals surface area contributed by atoms with Crippen molar-refractivity contribution in [3.8, 4) is 11.5 Å². The highest BCUT2D eigenvalue weighted by molar-refractivity contribution is 5.83. The summed E-state index contributed by atoms with van der Waals surface area (Å²) >= 11 is 0. The van der Waals surface area contributed by atoms with Crippen molar-refractivity contribution in [3.63, 3.8) is 0 Å². The van der Waals surface area contributed by atoms with Gasteiger partial charge >= 0.3 is 0 Å². The highest BCUT2D eigenvalue weighted by Crippen LogP contribution is 2.27. The first kappa shape index (κ1) is 13.1. The molecule has 0 aliphatic carbocycles. The second kappa shape index (κ2) is 5.20. The van der Waals surface area contributed by atoms with Gasteiger partial charge in [-0.15, -0.1) is 0 Å². The van der Waals surface area contributed by atoms with Crippen LogP contribution in [0.3, 0.4) is 0 Å². The second-order valence-electron chi connectivity index (χ2n) is 4.66. The summed E-state index contributed by atoms with van der Waals surface area (Å²) in [5.74, 6) is 1.23. The molecule has 0 fully saturated rings. The van der Waals surface area contributed by atoms with Gasteiger partial charge < -0.3 is 4.74 Å². The standard InChI is InChI=1S/C16H12N2O3/c1-11-8-9-17-16-7-6-14(10-15(11)16)21-13-4-2-12(3-5-13)18(19)20/h2-10H,1H3. The molecule has 0 N–H and O–H groups in total. The van der Waals surface area contributed by atoms with Crippen LogP contribution in [0.2, 0.25) is 0 Å². The second-order valence-corrected chi connectivity index (χ2v) is 4.66. The van der Waals surface area contributed by atoms with Crippen LogP contribution in [0, 0.1) is 17.0 Å². The van der Waals surface area contributed by atoms with Gasteiger partial charge in [0.2, 0.25) is 0 Å². The number of pyridine rings is 1. The van der Waals surface area contributed by atoms with Gasteiger partial charge in [-0.3, -0.25) is 15.1 Å². The van der Waals surface area contributed by atoms with Crippen LogP contribution in [0.1, 0.15) is 5.56 Å². The Morgan fingerprint density at radius 2 is 1.76 bits per heavy atom. The first-order valence-electron chi connectivity index (χ1n) is 6.41. The highest BCUT2D eigenvalue weighted by Gasteiger charge is 2.06. The molecule has 21 heavy (non-hydrogen) atoms. The number of fused-ring (bicyclic) bond motifs is 1. The fourth-order valence-corrected chi connectivity index (χ4v) is 2.10. The zero-order chi connectivity index (χ0) is 14.8. The molecule has 0 radical (unpaired) electrons. The quantitative estimate of drug-likeness (QED) is 0.531. The number of aromatic nitrogens is 1. The molecule has 5 nitrogen and oxygen atoms in total. The predicted octanol–water partition coefficient (Wildman–Crippen LogP) is 4.24. The van der Waals surface area contributed by atoms with E-state index in [4.69, 9.17) is 4.74 Å². The lowest BCUT2D eigenvalue weighted by Crippen LogP contribution is -1.89. The summed E-state index contributed by atoms with van der Waals surface area (Å²) in [6, 6.07) is 13.6. The molecule has 0 unspecified atom stereocenters. The van der Waals surface area contributed by atoms with Crippen molar-refractivity contribution >= 4 is 16.6 Å². The Morgan fingerprint density at radius 1 is 1.05 bits per heavy atom.